The van der Waals surface area contributed by atoms with Crippen LogP contribution < -0.4 is 10.6 Å². The predicted octanol–water partition coefficient (Wildman–Crippen LogP) is 3.54. The SMILES string of the molecule is CCNC(=NCCC(C)c1cccc(C(F)(F)F)c1)NCCN1CCN(C(C)=O)CC1.I. The highest BCUT2D eigenvalue weighted by Crippen LogP contribution is 2.31. The summed E-state index contributed by atoms with van der Waals surface area (Å²) < 4.78 is 38.8. The molecule has 2 N–H and O–H groups in total. The first-order chi connectivity index (χ1) is 14.7. The van der Waals surface area contributed by atoms with E-state index in [-0.39, 0.29) is 35.8 Å². The number of carbonyl (C=O) groups excluding carboxylic acids is 1. The normalized spacial score (nSPS) is 16.3. The van der Waals surface area contributed by atoms with E-state index in [4.69, 9.17) is 0 Å². The summed E-state index contributed by atoms with van der Waals surface area (Å²) in [6.07, 6.45) is -3.67. The molecule has 1 saturated heterocycles. The van der Waals surface area contributed by atoms with Crippen LogP contribution in [0.4, 0.5) is 13.2 Å². The largest absolute Gasteiger partial charge is 0.416 e. The molecule has 1 atom stereocenters. The van der Waals surface area contributed by atoms with Crippen molar-refractivity contribution in [1.29, 1.82) is 0 Å². The van der Waals surface area contributed by atoms with Gasteiger partial charge in [0.2, 0.25) is 5.91 Å². The molecule has 1 aromatic carbocycles. The average molecular weight is 569 g/mol. The van der Waals surface area contributed by atoms with Gasteiger partial charge in [-0.1, -0.05) is 25.1 Å². The van der Waals surface area contributed by atoms with Crippen LogP contribution in [-0.4, -0.2) is 74.0 Å². The van der Waals surface area contributed by atoms with Crippen LogP contribution in [0.1, 0.15) is 44.2 Å². The maximum atomic E-state index is 12.9. The molecule has 2 rings (SSSR count). The van der Waals surface area contributed by atoms with Crippen LogP contribution >= 0.6 is 24.0 Å². The van der Waals surface area contributed by atoms with Crippen LogP contribution in [-0.2, 0) is 11.0 Å². The molecule has 0 spiro atoms. The van der Waals surface area contributed by atoms with Gasteiger partial charge in [0.25, 0.3) is 0 Å². The zero-order valence-electron chi connectivity index (χ0n) is 19.0. The lowest BCUT2D eigenvalue weighted by Crippen LogP contribution is -2.50. The second-order valence-corrected chi connectivity index (χ2v) is 7.85. The van der Waals surface area contributed by atoms with Gasteiger partial charge in [0, 0.05) is 59.3 Å². The Morgan fingerprint density at radius 1 is 1.19 bits per heavy atom. The first kappa shape index (κ1) is 28.5. The first-order valence-corrected chi connectivity index (χ1v) is 10.9. The second-order valence-electron chi connectivity index (χ2n) is 7.85. The molecule has 1 aliphatic rings. The fraction of sp³-hybridized carbons (Fsp3) is 0.636. The third kappa shape index (κ3) is 9.51. The lowest BCUT2D eigenvalue weighted by atomic mass is 9.96. The number of halogens is 4. The molecule has 6 nitrogen and oxygen atoms in total. The molecular formula is C22H35F3IN5O. The maximum Gasteiger partial charge on any atom is 0.416 e. The molecule has 0 aliphatic carbocycles. The Balaban J connectivity index is 0.00000512. The third-order valence-corrected chi connectivity index (χ3v) is 5.50. The number of guanidine groups is 1. The molecule has 0 radical (unpaired) electrons. The van der Waals surface area contributed by atoms with Crippen molar-refractivity contribution in [3.05, 3.63) is 35.4 Å². The molecule has 0 saturated carbocycles. The van der Waals surface area contributed by atoms with Crippen molar-refractivity contribution in [1.82, 2.24) is 20.4 Å². The molecule has 1 aliphatic heterocycles. The van der Waals surface area contributed by atoms with E-state index in [1.165, 1.54) is 12.1 Å². The summed E-state index contributed by atoms with van der Waals surface area (Å²) in [5.74, 6) is 0.811. The van der Waals surface area contributed by atoms with Crippen LogP contribution in [0.2, 0.25) is 0 Å². The number of nitrogens with one attached hydrogen (secondary N) is 2. The summed E-state index contributed by atoms with van der Waals surface area (Å²) in [7, 11) is 0. The van der Waals surface area contributed by atoms with E-state index >= 15 is 0 Å². The van der Waals surface area contributed by atoms with Crippen molar-refractivity contribution in [2.75, 3.05) is 52.4 Å². The molecule has 182 valence electrons. The van der Waals surface area contributed by atoms with Gasteiger partial charge in [0.1, 0.15) is 0 Å². The number of aliphatic imine (C=N–C) groups is 1. The predicted molar refractivity (Wildman–Crippen MR) is 133 cm³/mol. The van der Waals surface area contributed by atoms with Gasteiger partial charge in [-0.25, -0.2) is 0 Å². The van der Waals surface area contributed by atoms with Gasteiger partial charge < -0.3 is 15.5 Å². The minimum atomic E-state index is -4.32. The molecule has 0 bridgehead atoms. The van der Waals surface area contributed by atoms with Crippen LogP contribution in [0.25, 0.3) is 0 Å². The summed E-state index contributed by atoms with van der Waals surface area (Å²) in [5.41, 5.74) is 0.0622. The molecule has 0 aromatic heterocycles. The standard InChI is InChI=1S/C22H34F3N5O.HI/c1-4-26-21(28-10-11-29-12-14-30(15-13-29)18(3)31)27-9-8-17(2)19-6-5-7-20(16-19)22(23,24)25;/h5-7,16-17H,4,8-15H2,1-3H3,(H2,26,27,28);1H. The van der Waals surface area contributed by atoms with Crippen molar-refractivity contribution in [2.24, 2.45) is 4.99 Å². The molecular weight excluding hydrogens is 534 g/mol. The van der Waals surface area contributed by atoms with Crippen LogP contribution in [0.5, 0.6) is 0 Å². The molecule has 1 aromatic rings. The fourth-order valence-electron chi connectivity index (χ4n) is 3.52. The van der Waals surface area contributed by atoms with Crippen molar-refractivity contribution >= 4 is 35.8 Å². The highest BCUT2D eigenvalue weighted by molar-refractivity contribution is 14.0. The van der Waals surface area contributed by atoms with Crippen molar-refractivity contribution in [3.63, 3.8) is 0 Å². The number of hydrogen-bond acceptors (Lipinski definition) is 3. The van der Waals surface area contributed by atoms with E-state index < -0.39 is 11.7 Å². The maximum absolute atomic E-state index is 12.9. The number of alkyl halides is 3. The number of amides is 1. The molecule has 32 heavy (non-hydrogen) atoms. The highest BCUT2D eigenvalue weighted by Gasteiger charge is 2.30. The number of nitrogens with zero attached hydrogens (tertiary/aromatic N) is 3. The smallest absolute Gasteiger partial charge is 0.357 e. The molecule has 1 unspecified atom stereocenters. The van der Waals surface area contributed by atoms with Crippen LogP contribution in [0, 0.1) is 0 Å². The van der Waals surface area contributed by atoms with Crippen molar-refractivity contribution in [3.8, 4) is 0 Å². The summed E-state index contributed by atoms with van der Waals surface area (Å²) in [6.45, 7) is 11.6. The Bertz CT molecular complexity index is 737. The van der Waals surface area contributed by atoms with Gasteiger partial charge >= 0.3 is 6.18 Å². The fourth-order valence-corrected chi connectivity index (χ4v) is 3.52. The minimum Gasteiger partial charge on any atom is -0.357 e. The quantitative estimate of drug-likeness (QED) is 0.286. The van der Waals surface area contributed by atoms with Gasteiger partial charge in [-0.05, 0) is 30.9 Å². The molecule has 1 amide bonds. The first-order valence-electron chi connectivity index (χ1n) is 10.9. The average Bonchev–Trinajstić information content (AvgIpc) is 2.73. The Hall–Kier alpha value is -1.56. The van der Waals surface area contributed by atoms with E-state index in [0.29, 0.717) is 24.5 Å². The zero-order chi connectivity index (χ0) is 22.9. The Morgan fingerprint density at radius 2 is 1.88 bits per heavy atom. The topological polar surface area (TPSA) is 60.0 Å². The number of carbonyl (C=O) groups is 1. The lowest BCUT2D eigenvalue weighted by Gasteiger charge is -2.34. The summed E-state index contributed by atoms with van der Waals surface area (Å²) >= 11 is 0. The van der Waals surface area contributed by atoms with Gasteiger partial charge in [-0.3, -0.25) is 14.7 Å². The van der Waals surface area contributed by atoms with Crippen LogP contribution in [0.15, 0.2) is 29.3 Å². The Kier molecular flexibility index (Phi) is 12.3. The highest BCUT2D eigenvalue weighted by atomic mass is 127. The second kappa shape index (κ2) is 13.9. The monoisotopic (exact) mass is 569 g/mol. The summed E-state index contributed by atoms with van der Waals surface area (Å²) in [6, 6.07) is 5.52. The van der Waals surface area contributed by atoms with Crippen molar-refractivity contribution < 1.29 is 18.0 Å². The van der Waals surface area contributed by atoms with E-state index in [1.807, 2.05) is 18.7 Å². The van der Waals surface area contributed by atoms with Gasteiger partial charge in [0.15, 0.2) is 5.96 Å². The lowest BCUT2D eigenvalue weighted by molar-refractivity contribution is -0.137. The summed E-state index contributed by atoms with van der Waals surface area (Å²) in [4.78, 5) is 20.1. The number of hydrogen-bond donors (Lipinski definition) is 2. The van der Waals surface area contributed by atoms with Gasteiger partial charge in [-0.15, -0.1) is 24.0 Å². The molecule has 1 heterocycles. The molecule has 10 heteroatoms. The zero-order valence-corrected chi connectivity index (χ0v) is 21.4. The minimum absolute atomic E-state index is 0. The number of piperazine rings is 1. The van der Waals surface area contributed by atoms with Crippen molar-refractivity contribution in [2.45, 2.75) is 39.3 Å². The summed E-state index contributed by atoms with van der Waals surface area (Å²) in [5, 5.41) is 6.52. The van der Waals surface area contributed by atoms with Gasteiger partial charge in [-0.2, -0.15) is 13.2 Å². The number of rotatable bonds is 8. The van der Waals surface area contributed by atoms with E-state index in [1.54, 1.807) is 13.0 Å². The number of benzene rings is 1. The Labute approximate surface area is 206 Å². The van der Waals surface area contributed by atoms with Gasteiger partial charge in [0.05, 0.1) is 5.56 Å². The third-order valence-electron chi connectivity index (χ3n) is 5.50. The van der Waals surface area contributed by atoms with E-state index in [2.05, 4.69) is 20.5 Å². The Morgan fingerprint density at radius 3 is 2.47 bits per heavy atom. The van der Waals surface area contributed by atoms with Crippen LogP contribution in [0.3, 0.4) is 0 Å². The molecule has 1 fully saturated rings. The van der Waals surface area contributed by atoms with E-state index in [0.717, 1.165) is 51.9 Å². The van der Waals surface area contributed by atoms with E-state index in [9.17, 15) is 18.0 Å².